The van der Waals surface area contributed by atoms with Crippen molar-refractivity contribution in [3.05, 3.63) is 11.6 Å². The van der Waals surface area contributed by atoms with Crippen molar-refractivity contribution in [1.29, 1.82) is 0 Å². The van der Waals surface area contributed by atoms with Gasteiger partial charge >= 0.3 is 11.9 Å². The molecule has 0 rings (SSSR count). The Bertz CT molecular complexity index is 505. The molecule has 0 heterocycles. The normalized spacial score (nSPS) is 16.6. The highest BCUT2D eigenvalue weighted by atomic mass is 28.4. The van der Waals surface area contributed by atoms with E-state index in [1.54, 1.807) is 13.8 Å². The van der Waals surface area contributed by atoms with Crippen LogP contribution in [0.15, 0.2) is 11.6 Å². The molecule has 0 amide bonds. The molecule has 6 heteroatoms. The maximum Gasteiger partial charge on any atom is 0.333 e. The maximum atomic E-state index is 11.9. The number of esters is 2. The van der Waals surface area contributed by atoms with E-state index in [0.717, 1.165) is 0 Å². The number of ether oxygens (including phenoxy) is 2. The number of carbonyl (C=O) groups is 2. The summed E-state index contributed by atoms with van der Waals surface area (Å²) in [5, 5.41) is 0.0615. The zero-order chi connectivity index (χ0) is 20.7. The SMILES string of the molecule is CCOC(=O)/C(C)=C/[C@@H](C)[C@@H](O[Si](C)(C)C(C)(C)C)[C@@H](C)COC(C)=O. The Labute approximate surface area is 160 Å². The van der Waals surface area contributed by atoms with Crippen molar-refractivity contribution in [2.45, 2.75) is 79.6 Å². The van der Waals surface area contributed by atoms with Crippen molar-refractivity contribution in [3.63, 3.8) is 0 Å². The quantitative estimate of drug-likeness (QED) is 0.326. The van der Waals surface area contributed by atoms with Crippen LogP contribution in [-0.4, -0.2) is 39.6 Å². The fraction of sp³-hybridized carbons (Fsp3) is 0.800. The zero-order valence-electron chi connectivity index (χ0n) is 18.3. The number of hydrogen-bond acceptors (Lipinski definition) is 5. The molecule has 0 N–H and O–H groups in total. The van der Waals surface area contributed by atoms with Crippen LogP contribution in [0.4, 0.5) is 0 Å². The van der Waals surface area contributed by atoms with E-state index in [-0.39, 0.29) is 34.9 Å². The zero-order valence-corrected chi connectivity index (χ0v) is 19.3. The van der Waals surface area contributed by atoms with Crippen LogP contribution in [0.1, 0.15) is 55.4 Å². The lowest BCUT2D eigenvalue weighted by molar-refractivity contribution is -0.143. The van der Waals surface area contributed by atoms with E-state index in [9.17, 15) is 9.59 Å². The molecule has 0 radical (unpaired) electrons. The summed E-state index contributed by atoms with van der Waals surface area (Å²) in [4.78, 5) is 23.1. The van der Waals surface area contributed by atoms with Crippen molar-refractivity contribution in [1.82, 2.24) is 0 Å². The van der Waals surface area contributed by atoms with Gasteiger partial charge in [0.25, 0.3) is 0 Å². The molecule has 0 aromatic carbocycles. The van der Waals surface area contributed by atoms with Crippen molar-refractivity contribution in [2.75, 3.05) is 13.2 Å². The molecular weight excluding hydrogens is 348 g/mol. The fourth-order valence-corrected chi connectivity index (χ4v) is 3.89. The van der Waals surface area contributed by atoms with Gasteiger partial charge in [-0.1, -0.05) is 40.7 Å². The van der Waals surface area contributed by atoms with Gasteiger partial charge in [-0.3, -0.25) is 4.79 Å². The van der Waals surface area contributed by atoms with E-state index in [0.29, 0.717) is 18.8 Å². The van der Waals surface area contributed by atoms with Crippen LogP contribution in [0.3, 0.4) is 0 Å². The van der Waals surface area contributed by atoms with Crippen LogP contribution in [0.5, 0.6) is 0 Å². The summed E-state index contributed by atoms with van der Waals surface area (Å²) in [7, 11) is -2.03. The summed E-state index contributed by atoms with van der Waals surface area (Å²) >= 11 is 0. The lowest BCUT2D eigenvalue weighted by Crippen LogP contribution is -2.48. The third-order valence-electron chi connectivity index (χ3n) is 4.98. The topological polar surface area (TPSA) is 61.8 Å². The molecule has 0 unspecified atom stereocenters. The van der Waals surface area contributed by atoms with E-state index in [1.807, 2.05) is 19.9 Å². The molecule has 0 aliphatic heterocycles. The van der Waals surface area contributed by atoms with Gasteiger partial charge in [0.2, 0.25) is 0 Å². The second kappa shape index (κ2) is 10.3. The highest BCUT2D eigenvalue weighted by Crippen LogP contribution is 2.39. The predicted molar refractivity (Wildman–Crippen MR) is 107 cm³/mol. The second-order valence-electron chi connectivity index (χ2n) is 8.55. The minimum absolute atomic E-state index is 0.00858. The van der Waals surface area contributed by atoms with Gasteiger partial charge in [-0.2, -0.15) is 0 Å². The van der Waals surface area contributed by atoms with Gasteiger partial charge in [0.05, 0.1) is 19.3 Å². The summed E-state index contributed by atoms with van der Waals surface area (Å²) in [6, 6.07) is 0. The molecular formula is C20H38O5Si. The fourth-order valence-electron chi connectivity index (χ4n) is 2.40. The molecule has 0 aliphatic rings. The molecule has 0 aromatic rings. The minimum atomic E-state index is -2.03. The van der Waals surface area contributed by atoms with E-state index >= 15 is 0 Å². The maximum absolute atomic E-state index is 11.9. The van der Waals surface area contributed by atoms with Gasteiger partial charge in [0.15, 0.2) is 8.32 Å². The highest BCUT2D eigenvalue weighted by Gasteiger charge is 2.41. The van der Waals surface area contributed by atoms with Gasteiger partial charge in [0, 0.05) is 24.3 Å². The predicted octanol–water partition coefficient (Wildman–Crippen LogP) is 4.72. The molecule has 0 saturated heterocycles. The average molecular weight is 387 g/mol. The lowest BCUT2D eigenvalue weighted by atomic mass is 9.92. The van der Waals surface area contributed by atoms with E-state index in [4.69, 9.17) is 13.9 Å². The van der Waals surface area contributed by atoms with Crippen LogP contribution in [-0.2, 0) is 23.5 Å². The summed E-state index contributed by atoms with van der Waals surface area (Å²) in [6.07, 6.45) is 1.75. The van der Waals surface area contributed by atoms with Crippen LogP contribution >= 0.6 is 0 Å². The largest absolute Gasteiger partial charge is 0.465 e. The Morgan fingerprint density at radius 1 is 1.08 bits per heavy atom. The molecule has 0 aliphatic carbocycles. The Balaban J connectivity index is 5.52. The van der Waals surface area contributed by atoms with Crippen LogP contribution in [0.25, 0.3) is 0 Å². The minimum Gasteiger partial charge on any atom is -0.465 e. The van der Waals surface area contributed by atoms with Crippen LogP contribution in [0.2, 0.25) is 18.1 Å². The average Bonchev–Trinajstić information content (AvgIpc) is 2.49. The first-order valence-electron chi connectivity index (χ1n) is 9.39. The standard InChI is InChI=1S/C20H38O5Si/c1-11-23-19(22)15(3)12-14(2)18(16(4)13-24-17(5)21)25-26(9,10)20(6,7)8/h12,14,16,18H,11,13H2,1-10H3/b15-12+/t14-,16+,18-/m1/s1. The third kappa shape index (κ3) is 8.04. The summed E-state index contributed by atoms with van der Waals surface area (Å²) in [6.45, 7) is 20.6. The summed E-state index contributed by atoms with van der Waals surface area (Å²) in [5.41, 5.74) is 0.572. The molecule has 152 valence electrons. The molecule has 0 aromatic heterocycles. The monoisotopic (exact) mass is 386 g/mol. The molecule has 0 bridgehead atoms. The first-order valence-corrected chi connectivity index (χ1v) is 12.3. The second-order valence-corrected chi connectivity index (χ2v) is 13.3. The van der Waals surface area contributed by atoms with E-state index in [2.05, 4.69) is 33.9 Å². The van der Waals surface area contributed by atoms with Crippen molar-refractivity contribution in [2.24, 2.45) is 11.8 Å². The number of carbonyl (C=O) groups excluding carboxylic acids is 2. The molecule has 3 atom stereocenters. The molecule has 0 saturated carbocycles. The lowest BCUT2D eigenvalue weighted by Gasteiger charge is -2.42. The molecule has 5 nitrogen and oxygen atoms in total. The number of hydrogen-bond donors (Lipinski definition) is 0. The Morgan fingerprint density at radius 2 is 1.62 bits per heavy atom. The smallest absolute Gasteiger partial charge is 0.333 e. The van der Waals surface area contributed by atoms with Gasteiger partial charge in [0.1, 0.15) is 0 Å². The van der Waals surface area contributed by atoms with Gasteiger partial charge < -0.3 is 13.9 Å². The van der Waals surface area contributed by atoms with Crippen LogP contribution < -0.4 is 0 Å². The van der Waals surface area contributed by atoms with Gasteiger partial charge in [-0.05, 0) is 32.0 Å². The molecule has 0 fully saturated rings. The van der Waals surface area contributed by atoms with E-state index < -0.39 is 8.32 Å². The number of rotatable bonds is 9. The summed E-state index contributed by atoms with van der Waals surface area (Å²) in [5.74, 6) is -0.611. The van der Waals surface area contributed by atoms with E-state index in [1.165, 1.54) is 6.92 Å². The van der Waals surface area contributed by atoms with Crippen molar-refractivity contribution >= 4 is 20.3 Å². The first-order chi connectivity index (χ1) is 11.7. The van der Waals surface area contributed by atoms with Crippen LogP contribution in [0, 0.1) is 11.8 Å². The molecule has 26 heavy (non-hydrogen) atoms. The first kappa shape index (κ1) is 24.9. The Morgan fingerprint density at radius 3 is 2.04 bits per heavy atom. The van der Waals surface area contributed by atoms with Crippen molar-refractivity contribution in [3.8, 4) is 0 Å². The Hall–Kier alpha value is -1.14. The molecule has 0 spiro atoms. The van der Waals surface area contributed by atoms with Crippen molar-refractivity contribution < 1.29 is 23.5 Å². The van der Waals surface area contributed by atoms with Gasteiger partial charge in [-0.15, -0.1) is 0 Å². The summed E-state index contributed by atoms with van der Waals surface area (Å²) < 4.78 is 16.9. The third-order valence-corrected chi connectivity index (χ3v) is 9.45. The van der Waals surface area contributed by atoms with Gasteiger partial charge in [-0.25, -0.2) is 4.79 Å². The Kier molecular flexibility index (Phi) is 9.81. The highest BCUT2D eigenvalue weighted by molar-refractivity contribution is 6.74.